The van der Waals surface area contributed by atoms with Crippen molar-refractivity contribution in [2.24, 2.45) is 5.73 Å². The van der Waals surface area contributed by atoms with Crippen LogP contribution in [0.5, 0.6) is 0 Å². The van der Waals surface area contributed by atoms with E-state index in [1.165, 1.54) is 7.05 Å². The van der Waals surface area contributed by atoms with E-state index in [1.807, 2.05) is 0 Å². The molecule has 0 aliphatic carbocycles. The van der Waals surface area contributed by atoms with Crippen molar-refractivity contribution in [1.82, 2.24) is 4.31 Å². The Morgan fingerprint density at radius 3 is 2.48 bits per heavy atom. The van der Waals surface area contributed by atoms with Gasteiger partial charge in [-0.1, -0.05) is 0 Å². The lowest BCUT2D eigenvalue weighted by Gasteiger charge is -2.19. The van der Waals surface area contributed by atoms with E-state index in [2.05, 4.69) is 0 Å². The number of nitrogens with zero attached hydrogens (tertiary/aromatic N) is 1. The Labute approximate surface area is 119 Å². The molecule has 21 heavy (non-hydrogen) atoms. The van der Waals surface area contributed by atoms with Gasteiger partial charge in [-0.15, -0.1) is 0 Å². The second-order valence-corrected chi connectivity index (χ2v) is 6.04. The van der Waals surface area contributed by atoms with Crippen molar-refractivity contribution in [3.8, 4) is 0 Å². The molecule has 0 fully saturated rings. The highest BCUT2D eigenvalue weighted by Gasteiger charge is 2.31. The predicted molar refractivity (Wildman–Crippen MR) is 70.2 cm³/mol. The van der Waals surface area contributed by atoms with E-state index in [1.54, 1.807) is 4.72 Å². The molecule has 1 aromatic carbocycles. The molecule has 0 bridgehead atoms. The van der Waals surface area contributed by atoms with E-state index >= 15 is 0 Å². The Hall–Kier alpha value is -1.39. The lowest BCUT2D eigenvalue weighted by molar-refractivity contribution is -0.137. The summed E-state index contributed by atoms with van der Waals surface area (Å²) in [5, 5.41) is 0. The summed E-state index contributed by atoms with van der Waals surface area (Å²) in [5.74, 6) is -1.10. The first-order valence-electron chi connectivity index (χ1n) is 5.89. The highest BCUT2D eigenvalue weighted by Crippen LogP contribution is 2.32. The monoisotopic (exact) mass is 329 g/mol. The Morgan fingerprint density at radius 1 is 1.33 bits per heavy atom. The van der Waals surface area contributed by atoms with Crippen LogP contribution in [0.15, 0.2) is 18.2 Å². The average molecular weight is 329 g/mol. The lowest BCUT2D eigenvalue weighted by Crippen LogP contribution is -2.34. The quantitative estimate of drug-likeness (QED) is 0.781. The van der Waals surface area contributed by atoms with E-state index in [0.717, 1.165) is 4.31 Å². The molecule has 0 spiro atoms. The predicted octanol–water partition coefficient (Wildman–Crippen LogP) is 1.78. The summed E-state index contributed by atoms with van der Waals surface area (Å²) in [6.07, 6.45) is -4.33. The third kappa shape index (κ3) is 4.83. The third-order valence-corrected chi connectivity index (χ3v) is 4.10. The molecule has 0 aromatic heterocycles. The summed E-state index contributed by atoms with van der Waals surface area (Å²) in [5.41, 5.74) is 3.33. The fourth-order valence-corrected chi connectivity index (χ4v) is 2.39. The molecule has 1 aromatic rings. The van der Waals surface area contributed by atoms with Gasteiger partial charge in [0.1, 0.15) is 5.82 Å². The summed E-state index contributed by atoms with van der Waals surface area (Å²) in [4.78, 5) is 0. The molecule has 0 amide bonds. The third-order valence-electron chi connectivity index (χ3n) is 2.62. The normalized spacial score (nSPS) is 12.7. The average Bonchev–Trinajstić information content (AvgIpc) is 2.36. The largest absolute Gasteiger partial charge is 0.416 e. The van der Waals surface area contributed by atoms with Crippen LogP contribution in [-0.2, 0) is 16.4 Å². The Bertz CT molecular complexity index is 590. The molecule has 120 valence electrons. The number of alkyl halides is 3. The van der Waals surface area contributed by atoms with Crippen LogP contribution in [0.2, 0.25) is 0 Å². The fraction of sp³-hybridized carbons (Fsp3) is 0.455. The van der Waals surface area contributed by atoms with Crippen LogP contribution in [0.3, 0.4) is 0 Å². The van der Waals surface area contributed by atoms with Crippen LogP contribution in [0, 0.1) is 5.82 Å². The Kier molecular flexibility index (Phi) is 5.54. The maximum Gasteiger partial charge on any atom is 0.416 e. The van der Waals surface area contributed by atoms with E-state index in [4.69, 9.17) is 5.73 Å². The number of nitrogens with one attached hydrogen (secondary N) is 1. The van der Waals surface area contributed by atoms with Gasteiger partial charge in [-0.2, -0.15) is 25.9 Å². The highest BCUT2D eigenvalue weighted by atomic mass is 32.2. The van der Waals surface area contributed by atoms with Crippen molar-refractivity contribution in [1.29, 1.82) is 0 Å². The van der Waals surface area contributed by atoms with Gasteiger partial charge in [0.05, 0.1) is 11.3 Å². The minimum atomic E-state index is -4.70. The number of nitrogens with two attached hydrogens (primary N) is 1. The van der Waals surface area contributed by atoms with Gasteiger partial charge in [-0.25, -0.2) is 4.39 Å². The van der Waals surface area contributed by atoms with Crippen molar-refractivity contribution >= 4 is 15.9 Å². The summed E-state index contributed by atoms with van der Waals surface area (Å²) < 4.78 is 77.4. The van der Waals surface area contributed by atoms with Crippen LogP contribution in [0.1, 0.15) is 12.0 Å². The number of halogens is 4. The second-order valence-electron chi connectivity index (χ2n) is 4.26. The van der Waals surface area contributed by atoms with Crippen molar-refractivity contribution in [2.45, 2.75) is 12.6 Å². The van der Waals surface area contributed by atoms with E-state index in [-0.39, 0.29) is 13.1 Å². The van der Waals surface area contributed by atoms with Crippen LogP contribution in [0.4, 0.5) is 23.2 Å². The molecule has 1 rings (SSSR count). The lowest BCUT2D eigenvalue weighted by atomic mass is 10.2. The van der Waals surface area contributed by atoms with Crippen LogP contribution in [0.25, 0.3) is 0 Å². The van der Waals surface area contributed by atoms with Gasteiger partial charge in [0.25, 0.3) is 0 Å². The Balaban J connectivity index is 3.01. The molecule has 0 heterocycles. The van der Waals surface area contributed by atoms with Gasteiger partial charge in [0.15, 0.2) is 0 Å². The van der Waals surface area contributed by atoms with E-state index in [0.29, 0.717) is 24.6 Å². The zero-order valence-corrected chi connectivity index (χ0v) is 11.9. The Morgan fingerprint density at radius 2 is 1.95 bits per heavy atom. The number of anilines is 1. The molecule has 0 saturated carbocycles. The summed E-state index contributed by atoms with van der Waals surface area (Å²) in [6.45, 7) is 0.310. The zero-order chi connectivity index (χ0) is 16.3. The minimum absolute atomic E-state index is 0.0619. The molecule has 0 aliphatic heterocycles. The number of rotatable bonds is 6. The molecular formula is C11H15F4N3O2S. The molecule has 10 heteroatoms. The second kappa shape index (κ2) is 6.58. The number of hydrogen-bond acceptors (Lipinski definition) is 3. The maximum atomic E-state index is 13.5. The van der Waals surface area contributed by atoms with Crippen molar-refractivity contribution in [3.63, 3.8) is 0 Å². The van der Waals surface area contributed by atoms with Gasteiger partial charge in [-0.05, 0) is 31.2 Å². The summed E-state index contributed by atoms with van der Waals surface area (Å²) in [7, 11) is -2.94. The maximum absolute atomic E-state index is 13.5. The molecule has 0 radical (unpaired) electrons. The minimum Gasteiger partial charge on any atom is -0.330 e. The molecule has 3 N–H and O–H groups in total. The van der Waals surface area contributed by atoms with E-state index < -0.39 is 33.5 Å². The molecule has 0 saturated heterocycles. The number of benzene rings is 1. The van der Waals surface area contributed by atoms with Gasteiger partial charge in [0.2, 0.25) is 0 Å². The smallest absolute Gasteiger partial charge is 0.330 e. The molecule has 5 nitrogen and oxygen atoms in total. The van der Waals surface area contributed by atoms with E-state index in [9.17, 15) is 26.0 Å². The molecule has 0 unspecified atom stereocenters. The van der Waals surface area contributed by atoms with Crippen LogP contribution >= 0.6 is 0 Å². The summed E-state index contributed by atoms with van der Waals surface area (Å²) in [6, 6.07) is 1.50. The fourth-order valence-electron chi connectivity index (χ4n) is 1.43. The summed E-state index contributed by atoms with van der Waals surface area (Å²) >= 11 is 0. The van der Waals surface area contributed by atoms with Gasteiger partial charge in [-0.3, -0.25) is 4.72 Å². The van der Waals surface area contributed by atoms with Crippen molar-refractivity contribution < 1.29 is 26.0 Å². The van der Waals surface area contributed by atoms with Crippen molar-refractivity contribution in [3.05, 3.63) is 29.6 Å². The first-order valence-corrected chi connectivity index (χ1v) is 7.33. The topological polar surface area (TPSA) is 75.4 Å². The van der Waals surface area contributed by atoms with Crippen LogP contribution in [-0.4, -0.2) is 32.9 Å². The molecule has 0 atom stereocenters. The van der Waals surface area contributed by atoms with Gasteiger partial charge in [0, 0.05) is 13.6 Å². The SMILES string of the molecule is CN(CCCN)S(=O)(=O)Nc1cc(C(F)(F)F)ccc1F. The molecule has 0 aliphatic rings. The van der Waals surface area contributed by atoms with Gasteiger partial charge < -0.3 is 5.73 Å². The standard InChI is InChI=1S/C11H15F4N3O2S/c1-18(6-2-5-16)21(19,20)17-10-7-8(11(13,14)15)3-4-9(10)12/h3-4,7,17H,2,5-6,16H2,1H3. The van der Waals surface area contributed by atoms with Crippen molar-refractivity contribution in [2.75, 3.05) is 24.9 Å². The first kappa shape index (κ1) is 17.7. The van der Waals surface area contributed by atoms with Crippen LogP contribution < -0.4 is 10.5 Å². The van der Waals surface area contributed by atoms with Gasteiger partial charge >= 0.3 is 16.4 Å². The highest BCUT2D eigenvalue weighted by molar-refractivity contribution is 7.90. The number of hydrogen-bond donors (Lipinski definition) is 2. The zero-order valence-electron chi connectivity index (χ0n) is 11.1. The molecular weight excluding hydrogens is 314 g/mol. The first-order chi connectivity index (χ1) is 9.58.